The van der Waals surface area contributed by atoms with Crippen molar-refractivity contribution < 1.29 is 0 Å². The average Bonchev–Trinajstić information content (AvgIpc) is 3.30. The van der Waals surface area contributed by atoms with Crippen molar-refractivity contribution in [2.45, 2.75) is 69.7 Å². The quantitative estimate of drug-likeness (QED) is 0.602. The predicted octanol–water partition coefficient (Wildman–Crippen LogP) is 6.36. The van der Waals surface area contributed by atoms with Gasteiger partial charge in [-0.15, -0.1) is 0 Å². The van der Waals surface area contributed by atoms with Crippen molar-refractivity contribution in [2.75, 3.05) is 13.1 Å². The van der Waals surface area contributed by atoms with Gasteiger partial charge >= 0.3 is 0 Å². The largest absolute Gasteiger partial charge is 0.299 e. The molecule has 1 heterocycles. The summed E-state index contributed by atoms with van der Waals surface area (Å²) in [5.41, 5.74) is 5.38. The summed E-state index contributed by atoms with van der Waals surface area (Å²) in [6, 6.07) is 20.6. The monoisotopic (exact) mass is 373 g/mol. The lowest BCUT2D eigenvalue weighted by Crippen LogP contribution is -2.48. The second-order valence-electron chi connectivity index (χ2n) is 9.57. The van der Waals surface area contributed by atoms with Crippen molar-refractivity contribution in [1.82, 2.24) is 4.90 Å². The maximum atomic E-state index is 2.70. The zero-order valence-electron chi connectivity index (χ0n) is 17.3. The van der Waals surface area contributed by atoms with Crippen LogP contribution in [0.25, 0.3) is 0 Å². The second kappa shape index (κ2) is 8.03. The van der Waals surface area contributed by atoms with Crippen LogP contribution in [-0.4, -0.2) is 18.0 Å². The van der Waals surface area contributed by atoms with E-state index in [0.29, 0.717) is 5.41 Å². The molecular weight excluding hydrogens is 338 g/mol. The van der Waals surface area contributed by atoms with Gasteiger partial charge in [0.15, 0.2) is 0 Å². The van der Waals surface area contributed by atoms with Gasteiger partial charge in [-0.3, -0.25) is 4.90 Å². The Labute approximate surface area is 171 Å². The van der Waals surface area contributed by atoms with Gasteiger partial charge in [0.25, 0.3) is 0 Å². The van der Waals surface area contributed by atoms with E-state index < -0.39 is 0 Å². The third-order valence-electron chi connectivity index (χ3n) is 8.20. The number of hydrogen-bond acceptors (Lipinski definition) is 1. The van der Waals surface area contributed by atoms with Crippen molar-refractivity contribution in [2.24, 2.45) is 11.8 Å². The highest BCUT2D eigenvalue weighted by Crippen LogP contribution is 2.55. The van der Waals surface area contributed by atoms with Crippen LogP contribution >= 0.6 is 0 Å². The first-order valence-corrected chi connectivity index (χ1v) is 11.7. The number of rotatable bonds is 4. The van der Waals surface area contributed by atoms with Crippen LogP contribution in [0, 0.1) is 11.8 Å². The molecule has 0 bridgehead atoms. The Bertz CT molecular complexity index is 768. The molecule has 2 aromatic carbocycles. The summed E-state index contributed by atoms with van der Waals surface area (Å²) in [4.78, 5) is 2.70. The summed E-state index contributed by atoms with van der Waals surface area (Å²) < 4.78 is 0. The molecule has 1 saturated heterocycles. The van der Waals surface area contributed by atoms with Crippen molar-refractivity contribution in [3.05, 3.63) is 71.3 Å². The molecule has 0 aromatic heterocycles. The van der Waals surface area contributed by atoms with E-state index in [9.17, 15) is 0 Å². The Kier molecular flexibility index (Phi) is 5.28. The van der Waals surface area contributed by atoms with E-state index in [-0.39, 0.29) is 0 Å². The topological polar surface area (TPSA) is 3.24 Å². The molecule has 2 aliphatic carbocycles. The van der Waals surface area contributed by atoms with Gasteiger partial charge in [0.2, 0.25) is 0 Å². The van der Waals surface area contributed by atoms with Crippen LogP contribution in [0.3, 0.4) is 0 Å². The summed E-state index contributed by atoms with van der Waals surface area (Å²) in [5, 5.41) is 0. The van der Waals surface area contributed by atoms with Gasteiger partial charge in [-0.05, 0) is 86.6 Å². The Hall–Kier alpha value is -1.60. The number of fused-ring (bicyclic) bond motifs is 1. The highest BCUT2D eigenvalue weighted by molar-refractivity contribution is 5.39. The standard InChI is InChI=1S/C27H35N/c1-2-9-22(10-3-1)21-28-19-16-25(17-20-28)27(24-13-5-6-14-24)18-8-12-23-11-4-7-15-26(23)27/h1-4,7,9-11,15,24-25H,5-6,8,12-14,16-21H2. The average molecular weight is 374 g/mol. The Morgan fingerprint density at radius 3 is 2.21 bits per heavy atom. The summed E-state index contributed by atoms with van der Waals surface area (Å²) in [6.45, 7) is 3.67. The van der Waals surface area contributed by atoms with Crippen molar-refractivity contribution in [1.29, 1.82) is 0 Å². The van der Waals surface area contributed by atoms with Gasteiger partial charge in [-0.1, -0.05) is 67.4 Å². The molecule has 28 heavy (non-hydrogen) atoms. The van der Waals surface area contributed by atoms with Crippen LogP contribution in [0.4, 0.5) is 0 Å². The molecule has 1 nitrogen and oxygen atoms in total. The van der Waals surface area contributed by atoms with Crippen molar-refractivity contribution in [3.63, 3.8) is 0 Å². The first-order chi connectivity index (χ1) is 13.9. The molecule has 3 aliphatic rings. The molecule has 148 valence electrons. The minimum atomic E-state index is 0.476. The second-order valence-corrected chi connectivity index (χ2v) is 9.57. The Morgan fingerprint density at radius 2 is 1.43 bits per heavy atom. The fourth-order valence-corrected chi connectivity index (χ4v) is 6.97. The summed E-state index contributed by atoms with van der Waals surface area (Å²) in [6.07, 6.45) is 12.8. The number of benzene rings is 2. The number of likely N-dealkylation sites (tertiary alicyclic amines) is 1. The lowest BCUT2D eigenvalue weighted by Gasteiger charge is -2.52. The molecular formula is C27H35N. The zero-order valence-corrected chi connectivity index (χ0v) is 17.3. The van der Waals surface area contributed by atoms with E-state index >= 15 is 0 Å². The molecule has 0 N–H and O–H groups in total. The Balaban J connectivity index is 1.38. The van der Waals surface area contributed by atoms with E-state index in [4.69, 9.17) is 0 Å². The minimum absolute atomic E-state index is 0.476. The molecule has 0 radical (unpaired) electrons. The highest BCUT2D eigenvalue weighted by Gasteiger charge is 2.49. The van der Waals surface area contributed by atoms with Crippen LogP contribution in [0.5, 0.6) is 0 Å². The zero-order chi connectivity index (χ0) is 18.8. The molecule has 1 atom stereocenters. The fourth-order valence-electron chi connectivity index (χ4n) is 6.97. The number of nitrogens with zero attached hydrogens (tertiary/aromatic N) is 1. The number of aryl methyl sites for hydroxylation is 1. The first kappa shape index (κ1) is 18.4. The van der Waals surface area contributed by atoms with Crippen LogP contribution in [0.2, 0.25) is 0 Å². The Morgan fingerprint density at radius 1 is 0.750 bits per heavy atom. The summed E-state index contributed by atoms with van der Waals surface area (Å²) in [5.74, 6) is 1.81. The third-order valence-corrected chi connectivity index (χ3v) is 8.20. The van der Waals surface area contributed by atoms with Gasteiger partial charge < -0.3 is 0 Å². The molecule has 1 saturated carbocycles. The van der Waals surface area contributed by atoms with Gasteiger partial charge in [0.1, 0.15) is 0 Å². The smallest absolute Gasteiger partial charge is 0.0233 e. The predicted molar refractivity (Wildman–Crippen MR) is 117 cm³/mol. The van der Waals surface area contributed by atoms with E-state index in [1.165, 1.54) is 76.4 Å². The van der Waals surface area contributed by atoms with E-state index in [2.05, 4.69) is 59.5 Å². The molecule has 1 aliphatic heterocycles. The van der Waals surface area contributed by atoms with E-state index in [0.717, 1.165) is 18.4 Å². The highest BCUT2D eigenvalue weighted by atomic mass is 15.1. The van der Waals surface area contributed by atoms with Crippen LogP contribution < -0.4 is 0 Å². The van der Waals surface area contributed by atoms with E-state index in [1.54, 1.807) is 11.1 Å². The normalized spacial score (nSPS) is 27.0. The lowest BCUT2D eigenvalue weighted by molar-refractivity contribution is 0.0705. The summed E-state index contributed by atoms with van der Waals surface area (Å²) >= 11 is 0. The van der Waals surface area contributed by atoms with Gasteiger partial charge in [0, 0.05) is 12.0 Å². The molecule has 2 aromatic rings. The maximum absolute atomic E-state index is 2.70. The van der Waals surface area contributed by atoms with Crippen molar-refractivity contribution >= 4 is 0 Å². The van der Waals surface area contributed by atoms with Gasteiger partial charge in [-0.2, -0.15) is 0 Å². The minimum Gasteiger partial charge on any atom is -0.299 e. The van der Waals surface area contributed by atoms with Gasteiger partial charge in [-0.25, -0.2) is 0 Å². The molecule has 2 fully saturated rings. The van der Waals surface area contributed by atoms with Crippen molar-refractivity contribution in [3.8, 4) is 0 Å². The summed E-state index contributed by atoms with van der Waals surface area (Å²) in [7, 11) is 0. The molecule has 1 heteroatoms. The van der Waals surface area contributed by atoms with Crippen LogP contribution in [0.1, 0.15) is 68.1 Å². The molecule has 0 amide bonds. The third kappa shape index (κ3) is 3.32. The molecule has 1 unspecified atom stereocenters. The SMILES string of the molecule is c1ccc(CN2CCC(C3(C4CCCC4)CCCc4ccccc43)CC2)cc1. The lowest BCUT2D eigenvalue weighted by atomic mass is 9.54. The maximum Gasteiger partial charge on any atom is 0.0233 e. The van der Waals surface area contributed by atoms with Crippen LogP contribution in [-0.2, 0) is 18.4 Å². The fraction of sp³-hybridized carbons (Fsp3) is 0.556. The molecule has 5 rings (SSSR count). The first-order valence-electron chi connectivity index (χ1n) is 11.7. The van der Waals surface area contributed by atoms with Crippen LogP contribution in [0.15, 0.2) is 54.6 Å². The number of piperidine rings is 1. The number of hydrogen-bond donors (Lipinski definition) is 0. The van der Waals surface area contributed by atoms with E-state index in [1.807, 2.05) is 0 Å². The van der Waals surface area contributed by atoms with Gasteiger partial charge in [0.05, 0.1) is 0 Å². The molecule has 0 spiro atoms.